The molecule has 2 heterocycles. The van der Waals surface area contributed by atoms with E-state index in [9.17, 15) is 24.8 Å². The van der Waals surface area contributed by atoms with Gasteiger partial charge in [-0.3, -0.25) is 24.6 Å². The molecule has 2 aliphatic heterocycles. The van der Waals surface area contributed by atoms with E-state index in [4.69, 9.17) is 14.6 Å². The van der Waals surface area contributed by atoms with Crippen LogP contribution in [-0.2, 0) is 32.2 Å². The van der Waals surface area contributed by atoms with Crippen LogP contribution in [-0.4, -0.2) is 70.7 Å². The molecule has 1 amide bonds. The van der Waals surface area contributed by atoms with E-state index in [1.165, 1.54) is 0 Å². The minimum Gasteiger partial charge on any atom is -0.481 e. The molecular weight excluding hydrogens is 592 g/mol. The minimum atomic E-state index is -0.913. The summed E-state index contributed by atoms with van der Waals surface area (Å²) in [5, 5.41) is 32.1. The lowest BCUT2D eigenvalue weighted by Crippen LogP contribution is -2.49. The fraction of sp³-hybridized carbons (Fsp3) is 0.412. The van der Waals surface area contributed by atoms with Crippen molar-refractivity contribution in [3.8, 4) is 0 Å². The Morgan fingerprint density at radius 3 is 2.15 bits per heavy atom. The van der Waals surface area contributed by atoms with Crippen molar-refractivity contribution < 1.29 is 34.2 Å². The van der Waals surface area contributed by atoms with Gasteiger partial charge in [0.05, 0.1) is 23.7 Å². The lowest BCUT2D eigenvalue weighted by molar-refractivity contribution is -0.384. The molecule has 3 aromatic carbocycles. The third kappa shape index (κ3) is 9.10. The number of nitro groups is 1. The SMILES string of the molecule is O=C(O)CCCC(=O)NCc1ccc(C2OC(CN3CCN(c4ccc([N+](=O)[O-])cc4)CC3)CC(c3ccc(CO)cc3)O2)cc1. The van der Waals surface area contributed by atoms with Crippen LogP contribution in [0.5, 0.6) is 0 Å². The Balaban J connectivity index is 1.20. The zero-order chi connectivity index (χ0) is 32.5. The Hall–Kier alpha value is -4.36. The van der Waals surface area contributed by atoms with Crippen LogP contribution in [0.2, 0.25) is 0 Å². The molecule has 0 aliphatic carbocycles. The quantitative estimate of drug-likeness (QED) is 0.183. The van der Waals surface area contributed by atoms with Gasteiger partial charge in [-0.25, -0.2) is 0 Å². The number of anilines is 1. The van der Waals surface area contributed by atoms with E-state index in [1.54, 1.807) is 24.3 Å². The zero-order valence-corrected chi connectivity index (χ0v) is 25.6. The second-order valence-corrected chi connectivity index (χ2v) is 11.7. The summed E-state index contributed by atoms with van der Waals surface area (Å²) in [6.45, 7) is 4.30. The summed E-state index contributed by atoms with van der Waals surface area (Å²) >= 11 is 0. The molecule has 2 saturated heterocycles. The number of carbonyl (C=O) groups excluding carboxylic acids is 1. The van der Waals surface area contributed by atoms with Crippen molar-refractivity contribution in [1.29, 1.82) is 0 Å². The first kappa shape index (κ1) is 33.0. The molecule has 2 fully saturated rings. The highest BCUT2D eigenvalue weighted by Crippen LogP contribution is 2.38. The number of carbonyl (C=O) groups is 2. The van der Waals surface area contributed by atoms with E-state index < -0.39 is 12.3 Å². The molecule has 3 atom stereocenters. The van der Waals surface area contributed by atoms with Crippen LogP contribution in [0, 0.1) is 10.1 Å². The molecule has 0 bridgehead atoms. The number of rotatable bonds is 13. The molecule has 12 heteroatoms. The largest absolute Gasteiger partial charge is 0.481 e. The fourth-order valence-electron chi connectivity index (χ4n) is 5.78. The highest BCUT2D eigenvalue weighted by molar-refractivity contribution is 5.76. The number of benzene rings is 3. The van der Waals surface area contributed by atoms with E-state index in [2.05, 4.69) is 15.1 Å². The molecule has 0 aromatic heterocycles. The average Bonchev–Trinajstić information content (AvgIpc) is 3.07. The Morgan fingerprint density at radius 2 is 1.52 bits per heavy atom. The van der Waals surface area contributed by atoms with Gasteiger partial charge in [0.2, 0.25) is 5.91 Å². The molecule has 3 aromatic rings. The van der Waals surface area contributed by atoms with Crippen molar-refractivity contribution in [2.24, 2.45) is 0 Å². The van der Waals surface area contributed by atoms with E-state index in [0.717, 1.165) is 60.7 Å². The fourth-order valence-corrected chi connectivity index (χ4v) is 5.78. The molecule has 12 nitrogen and oxygen atoms in total. The van der Waals surface area contributed by atoms with Gasteiger partial charge in [0.25, 0.3) is 5.69 Å². The maximum absolute atomic E-state index is 12.1. The van der Waals surface area contributed by atoms with Crippen molar-refractivity contribution in [2.45, 2.75) is 57.3 Å². The topological polar surface area (TPSA) is 155 Å². The first-order valence-corrected chi connectivity index (χ1v) is 15.6. The maximum atomic E-state index is 12.1. The lowest BCUT2D eigenvalue weighted by Gasteiger charge is -2.41. The number of nitrogens with zero attached hydrogens (tertiary/aromatic N) is 3. The number of nitrogens with one attached hydrogen (secondary N) is 1. The van der Waals surface area contributed by atoms with Gasteiger partial charge in [-0.05, 0) is 35.2 Å². The molecule has 3 N–H and O–H groups in total. The molecule has 244 valence electrons. The number of hydrogen-bond acceptors (Lipinski definition) is 9. The molecule has 5 rings (SSSR count). The number of carboxylic acids is 1. The number of carboxylic acid groups (broad SMARTS) is 1. The Kier molecular flexibility index (Phi) is 11.3. The summed E-state index contributed by atoms with van der Waals surface area (Å²) < 4.78 is 13.0. The van der Waals surface area contributed by atoms with Gasteiger partial charge in [0.1, 0.15) is 0 Å². The summed E-state index contributed by atoms with van der Waals surface area (Å²) in [5.41, 5.74) is 4.67. The predicted octanol–water partition coefficient (Wildman–Crippen LogP) is 4.33. The van der Waals surface area contributed by atoms with Crippen LogP contribution in [0.4, 0.5) is 11.4 Å². The smallest absolute Gasteiger partial charge is 0.303 e. The van der Waals surface area contributed by atoms with Crippen molar-refractivity contribution in [2.75, 3.05) is 37.6 Å². The zero-order valence-electron chi connectivity index (χ0n) is 25.6. The second-order valence-electron chi connectivity index (χ2n) is 11.7. The van der Waals surface area contributed by atoms with E-state index in [0.29, 0.717) is 19.4 Å². The van der Waals surface area contributed by atoms with Crippen molar-refractivity contribution in [3.05, 3.63) is 105 Å². The summed E-state index contributed by atoms with van der Waals surface area (Å²) in [6, 6.07) is 22.2. The van der Waals surface area contributed by atoms with Crippen molar-refractivity contribution in [1.82, 2.24) is 10.2 Å². The summed E-state index contributed by atoms with van der Waals surface area (Å²) in [5.74, 6) is -1.10. The number of piperazine rings is 1. The number of aliphatic hydroxyl groups excluding tert-OH is 1. The summed E-state index contributed by atoms with van der Waals surface area (Å²) in [7, 11) is 0. The maximum Gasteiger partial charge on any atom is 0.303 e. The standard InChI is InChI=1S/C34H40N4O8/c39-23-25-6-8-26(9-7-25)31-20-30(22-36-16-18-37(19-17-36)28-12-14-29(15-13-28)38(43)44)45-34(46-31)27-10-4-24(5-11-27)21-35-32(40)2-1-3-33(41)42/h4-15,30-31,34,39H,1-3,16-23H2,(H,35,40)(H,41,42). The van der Waals surface area contributed by atoms with Gasteiger partial charge in [0.15, 0.2) is 6.29 Å². The number of ether oxygens (including phenoxy) is 2. The van der Waals surface area contributed by atoms with Gasteiger partial charge >= 0.3 is 5.97 Å². The number of hydrogen-bond donors (Lipinski definition) is 3. The highest BCUT2D eigenvalue weighted by Gasteiger charge is 2.34. The molecular formula is C34H40N4O8. The third-order valence-electron chi connectivity index (χ3n) is 8.41. The van der Waals surface area contributed by atoms with Gasteiger partial charge in [0, 0.05) is 81.9 Å². The number of aliphatic carboxylic acids is 1. The van der Waals surface area contributed by atoms with Crippen LogP contribution in [0.15, 0.2) is 72.8 Å². The van der Waals surface area contributed by atoms with E-state index >= 15 is 0 Å². The molecule has 46 heavy (non-hydrogen) atoms. The number of amides is 1. The van der Waals surface area contributed by atoms with Crippen LogP contribution in [0.25, 0.3) is 0 Å². The molecule has 0 radical (unpaired) electrons. The van der Waals surface area contributed by atoms with Crippen molar-refractivity contribution >= 4 is 23.3 Å². The summed E-state index contributed by atoms with van der Waals surface area (Å²) in [6.07, 6.45) is 0.208. The molecule has 0 spiro atoms. The monoisotopic (exact) mass is 632 g/mol. The van der Waals surface area contributed by atoms with Crippen LogP contribution in [0.1, 0.15) is 60.3 Å². The van der Waals surface area contributed by atoms with Gasteiger partial charge in [-0.15, -0.1) is 0 Å². The number of aliphatic hydroxyl groups is 1. The minimum absolute atomic E-state index is 0.0266. The molecule has 2 aliphatic rings. The highest BCUT2D eigenvalue weighted by atomic mass is 16.7. The number of non-ortho nitro benzene ring substituents is 1. The van der Waals surface area contributed by atoms with Crippen LogP contribution < -0.4 is 10.2 Å². The van der Waals surface area contributed by atoms with Gasteiger partial charge in [-0.1, -0.05) is 48.5 Å². The normalized spacial score (nSPS) is 20.3. The Morgan fingerprint density at radius 1 is 0.870 bits per heavy atom. The second kappa shape index (κ2) is 15.8. The van der Waals surface area contributed by atoms with E-state index in [1.807, 2.05) is 48.5 Å². The lowest BCUT2D eigenvalue weighted by atomic mass is 9.99. The van der Waals surface area contributed by atoms with Gasteiger partial charge in [-0.2, -0.15) is 0 Å². The first-order chi connectivity index (χ1) is 22.3. The predicted molar refractivity (Wildman–Crippen MR) is 170 cm³/mol. The van der Waals surface area contributed by atoms with E-state index in [-0.39, 0.29) is 48.2 Å². The van der Waals surface area contributed by atoms with Crippen LogP contribution in [0.3, 0.4) is 0 Å². The molecule has 3 unspecified atom stereocenters. The molecule has 0 saturated carbocycles. The number of nitro benzene ring substituents is 1. The van der Waals surface area contributed by atoms with Crippen molar-refractivity contribution in [3.63, 3.8) is 0 Å². The summed E-state index contributed by atoms with van der Waals surface area (Å²) in [4.78, 5) is 38.0. The Labute approximate surface area is 267 Å². The first-order valence-electron chi connectivity index (χ1n) is 15.6. The van der Waals surface area contributed by atoms with Gasteiger partial charge < -0.3 is 29.9 Å². The Bertz CT molecular complexity index is 1460. The third-order valence-corrected chi connectivity index (χ3v) is 8.41. The average molecular weight is 633 g/mol. The van der Waals surface area contributed by atoms with Crippen LogP contribution >= 0.6 is 0 Å².